The van der Waals surface area contributed by atoms with Crippen LogP contribution < -0.4 is 0 Å². The van der Waals surface area contributed by atoms with Crippen LogP contribution in [-0.4, -0.2) is 27.5 Å². The first-order valence-corrected chi connectivity index (χ1v) is 8.15. The second-order valence-corrected chi connectivity index (χ2v) is 6.10. The van der Waals surface area contributed by atoms with Crippen LogP contribution in [0, 0.1) is 19.7 Å². The van der Waals surface area contributed by atoms with Crippen LogP contribution in [0.15, 0.2) is 48.7 Å². The summed E-state index contributed by atoms with van der Waals surface area (Å²) < 4.78 is 21.8. The number of rotatable bonds is 5. The second kappa shape index (κ2) is 7.00. The Bertz CT molecular complexity index is 968. The Morgan fingerprint density at radius 1 is 1.12 bits per heavy atom. The molecule has 0 N–H and O–H groups in total. The van der Waals surface area contributed by atoms with Gasteiger partial charge in [0.15, 0.2) is 6.61 Å². The van der Waals surface area contributed by atoms with Crippen molar-refractivity contribution in [3.8, 4) is 5.69 Å². The van der Waals surface area contributed by atoms with Gasteiger partial charge >= 0.3 is 5.97 Å². The normalized spacial score (nSPS) is 10.8. The van der Waals surface area contributed by atoms with Crippen molar-refractivity contribution in [3.05, 3.63) is 77.1 Å². The molecule has 2 heterocycles. The van der Waals surface area contributed by atoms with E-state index in [1.54, 1.807) is 48.1 Å². The highest BCUT2D eigenvalue weighted by Gasteiger charge is 2.19. The third-order valence-electron chi connectivity index (χ3n) is 4.30. The van der Waals surface area contributed by atoms with Crippen LogP contribution in [0.4, 0.5) is 4.39 Å². The van der Waals surface area contributed by atoms with Crippen molar-refractivity contribution in [2.75, 3.05) is 6.61 Å². The van der Waals surface area contributed by atoms with Crippen molar-refractivity contribution in [3.63, 3.8) is 0 Å². The number of aromatic nitrogens is 2. The van der Waals surface area contributed by atoms with Gasteiger partial charge < -0.3 is 13.9 Å². The number of carbonyl (C=O) groups is 2. The number of carbonyl (C=O) groups excluding carboxylic acids is 2. The number of ether oxygens (including phenoxy) is 1. The van der Waals surface area contributed by atoms with Gasteiger partial charge in [-0.15, -0.1) is 0 Å². The highest BCUT2D eigenvalue weighted by atomic mass is 19.1. The molecule has 0 unspecified atom stereocenters. The first-order chi connectivity index (χ1) is 12.4. The molecule has 0 bridgehead atoms. The first kappa shape index (κ1) is 17.7. The number of Topliss-reactive ketones (excluding diaryl/α,β-unsaturated/α-hetero) is 1. The highest BCUT2D eigenvalue weighted by molar-refractivity contribution is 6.00. The summed E-state index contributed by atoms with van der Waals surface area (Å²) in [4.78, 5) is 24.6. The smallest absolute Gasteiger partial charge is 0.355 e. The van der Waals surface area contributed by atoms with Crippen molar-refractivity contribution in [1.29, 1.82) is 0 Å². The van der Waals surface area contributed by atoms with Crippen molar-refractivity contribution in [1.82, 2.24) is 9.13 Å². The lowest BCUT2D eigenvalue weighted by atomic mass is 10.1. The molecule has 0 amide bonds. The molecule has 0 radical (unpaired) electrons. The summed E-state index contributed by atoms with van der Waals surface area (Å²) >= 11 is 0. The third-order valence-corrected chi connectivity index (χ3v) is 4.30. The van der Waals surface area contributed by atoms with Crippen LogP contribution in [0.1, 0.15) is 32.2 Å². The fourth-order valence-electron chi connectivity index (χ4n) is 2.99. The Labute approximate surface area is 150 Å². The van der Waals surface area contributed by atoms with Crippen LogP contribution in [0.2, 0.25) is 0 Å². The third kappa shape index (κ3) is 3.31. The molecule has 0 aliphatic rings. The Balaban J connectivity index is 1.78. The maximum atomic E-state index is 13.1. The van der Waals surface area contributed by atoms with Gasteiger partial charge in [0.1, 0.15) is 11.5 Å². The minimum absolute atomic E-state index is 0.283. The van der Waals surface area contributed by atoms with E-state index in [1.807, 2.05) is 18.4 Å². The average molecular weight is 354 g/mol. The lowest BCUT2D eigenvalue weighted by Gasteiger charge is -2.10. The van der Waals surface area contributed by atoms with E-state index >= 15 is 0 Å². The molecule has 0 saturated carbocycles. The fourth-order valence-corrected chi connectivity index (χ4v) is 2.99. The number of hydrogen-bond acceptors (Lipinski definition) is 3. The largest absolute Gasteiger partial charge is 0.453 e. The van der Waals surface area contributed by atoms with E-state index in [9.17, 15) is 14.0 Å². The van der Waals surface area contributed by atoms with Gasteiger partial charge in [-0.2, -0.15) is 0 Å². The van der Waals surface area contributed by atoms with E-state index in [-0.39, 0.29) is 18.2 Å². The average Bonchev–Trinajstić information content (AvgIpc) is 3.17. The molecule has 1 aromatic carbocycles. The minimum atomic E-state index is -0.543. The van der Waals surface area contributed by atoms with Gasteiger partial charge in [0, 0.05) is 35.9 Å². The maximum absolute atomic E-state index is 13.1. The Kier molecular flexibility index (Phi) is 4.75. The SMILES string of the molecule is Cc1cc(C(=O)COC(=O)c2cccn2C)c(C)n1-c1ccc(F)cc1. The Morgan fingerprint density at radius 2 is 1.81 bits per heavy atom. The van der Waals surface area contributed by atoms with Crippen molar-refractivity contribution in [2.24, 2.45) is 7.05 Å². The van der Waals surface area contributed by atoms with Gasteiger partial charge in [0.2, 0.25) is 5.78 Å². The quantitative estimate of drug-likeness (QED) is 0.519. The molecule has 6 heteroatoms. The Morgan fingerprint density at radius 3 is 2.42 bits per heavy atom. The van der Waals surface area contributed by atoms with Gasteiger partial charge in [0.25, 0.3) is 0 Å². The Hall–Kier alpha value is -3.15. The van der Waals surface area contributed by atoms with Crippen molar-refractivity contribution < 1.29 is 18.7 Å². The van der Waals surface area contributed by atoms with Crippen LogP contribution in [0.5, 0.6) is 0 Å². The maximum Gasteiger partial charge on any atom is 0.355 e. The van der Waals surface area contributed by atoms with Gasteiger partial charge in [-0.25, -0.2) is 9.18 Å². The number of aryl methyl sites for hydroxylation is 2. The molecule has 0 fully saturated rings. The van der Waals surface area contributed by atoms with Crippen LogP contribution in [-0.2, 0) is 11.8 Å². The number of hydrogen-bond donors (Lipinski definition) is 0. The number of halogens is 1. The lowest BCUT2D eigenvalue weighted by molar-refractivity contribution is 0.0465. The van der Waals surface area contributed by atoms with Gasteiger partial charge in [0.05, 0.1) is 0 Å². The zero-order chi connectivity index (χ0) is 18.8. The van der Waals surface area contributed by atoms with Gasteiger partial charge in [-0.05, 0) is 56.3 Å². The second-order valence-electron chi connectivity index (χ2n) is 6.10. The molecule has 2 aromatic heterocycles. The molecule has 3 aromatic rings. The zero-order valence-electron chi connectivity index (χ0n) is 14.8. The van der Waals surface area contributed by atoms with Crippen LogP contribution in [0.25, 0.3) is 5.69 Å². The predicted octanol–water partition coefficient (Wildman–Crippen LogP) is 3.61. The summed E-state index contributed by atoms with van der Waals surface area (Å²) in [5, 5.41) is 0. The molecule has 0 aliphatic heterocycles. The molecule has 26 heavy (non-hydrogen) atoms. The van der Waals surface area contributed by atoms with Gasteiger partial charge in [-0.1, -0.05) is 0 Å². The summed E-state index contributed by atoms with van der Waals surface area (Å²) in [5.74, 6) is -1.15. The highest BCUT2D eigenvalue weighted by Crippen LogP contribution is 2.21. The summed E-state index contributed by atoms with van der Waals surface area (Å²) in [6.45, 7) is 3.34. The monoisotopic (exact) mass is 354 g/mol. The number of benzene rings is 1. The topological polar surface area (TPSA) is 53.2 Å². The first-order valence-electron chi connectivity index (χ1n) is 8.15. The van der Waals surface area contributed by atoms with Crippen LogP contribution in [0.3, 0.4) is 0 Å². The van der Waals surface area contributed by atoms with Crippen molar-refractivity contribution >= 4 is 11.8 Å². The van der Waals surface area contributed by atoms with E-state index in [2.05, 4.69) is 0 Å². The van der Waals surface area contributed by atoms with Gasteiger partial charge in [-0.3, -0.25) is 4.79 Å². The molecule has 3 rings (SSSR count). The number of ketones is 1. The predicted molar refractivity (Wildman–Crippen MR) is 95.2 cm³/mol. The molecule has 0 atom stereocenters. The molecule has 134 valence electrons. The minimum Gasteiger partial charge on any atom is -0.453 e. The van der Waals surface area contributed by atoms with Crippen LogP contribution >= 0.6 is 0 Å². The molecule has 0 spiro atoms. The van der Waals surface area contributed by atoms with E-state index in [1.165, 1.54) is 12.1 Å². The molecule has 0 aliphatic carbocycles. The van der Waals surface area contributed by atoms with Crippen molar-refractivity contribution in [2.45, 2.75) is 13.8 Å². The number of nitrogens with zero attached hydrogens (tertiary/aromatic N) is 2. The summed E-state index contributed by atoms with van der Waals surface area (Å²) in [6, 6.07) is 11.2. The van der Waals surface area contributed by atoms with E-state index in [0.29, 0.717) is 17.0 Å². The zero-order valence-corrected chi connectivity index (χ0v) is 14.8. The standard InChI is InChI=1S/C20H19FN2O3/c1-13-11-17(14(2)23(13)16-8-6-15(21)7-9-16)19(24)12-26-20(25)18-5-4-10-22(18)3/h4-11H,12H2,1-3H3. The van der Waals surface area contributed by atoms with E-state index in [0.717, 1.165) is 11.4 Å². The molecule has 5 nitrogen and oxygen atoms in total. The molecular weight excluding hydrogens is 335 g/mol. The van der Waals surface area contributed by atoms with E-state index < -0.39 is 5.97 Å². The lowest BCUT2D eigenvalue weighted by Crippen LogP contribution is -2.16. The fraction of sp³-hybridized carbons (Fsp3) is 0.200. The summed E-state index contributed by atoms with van der Waals surface area (Å²) in [6.07, 6.45) is 1.73. The summed E-state index contributed by atoms with van der Waals surface area (Å²) in [5.41, 5.74) is 3.18. The summed E-state index contributed by atoms with van der Waals surface area (Å²) in [7, 11) is 1.73. The number of esters is 1. The van der Waals surface area contributed by atoms with E-state index in [4.69, 9.17) is 4.74 Å². The molecular formula is C20H19FN2O3. The molecule has 0 saturated heterocycles.